The molecule has 0 unspecified atom stereocenters. The van der Waals surface area contributed by atoms with Gasteiger partial charge in [-0.3, -0.25) is 0 Å². The highest BCUT2D eigenvalue weighted by Crippen LogP contribution is 2.24. The zero-order valence-corrected chi connectivity index (χ0v) is 10.6. The Morgan fingerprint density at radius 3 is 2.26 bits per heavy atom. The average Bonchev–Trinajstić information content (AvgIpc) is 2.76. The second-order valence-corrected chi connectivity index (χ2v) is 5.90. The zero-order chi connectivity index (χ0) is 13.5. The van der Waals surface area contributed by atoms with Crippen molar-refractivity contribution in [1.29, 1.82) is 0 Å². The summed E-state index contributed by atoms with van der Waals surface area (Å²) >= 11 is 0. The third-order valence-electron chi connectivity index (χ3n) is 2.91. The van der Waals surface area contributed by atoms with Crippen molar-refractivity contribution in [3.63, 3.8) is 0 Å². The van der Waals surface area contributed by atoms with Crippen LogP contribution in [0.15, 0.2) is 65.6 Å². The van der Waals surface area contributed by atoms with Gasteiger partial charge >= 0.3 is 0 Å². The van der Waals surface area contributed by atoms with E-state index < -0.39 is 16.0 Å². The molecule has 0 fully saturated rings. The number of fused-ring (bicyclic) bond motifs is 1. The Bertz CT molecular complexity index is 838. The summed E-state index contributed by atoms with van der Waals surface area (Å²) < 4.78 is 39.6. The van der Waals surface area contributed by atoms with Gasteiger partial charge in [0.25, 0.3) is 10.0 Å². The molecule has 0 spiro atoms. The smallest absolute Gasteiger partial charge is 0.208 e. The summed E-state index contributed by atoms with van der Waals surface area (Å²) in [6, 6.07) is 15.7. The van der Waals surface area contributed by atoms with Crippen molar-refractivity contribution >= 4 is 20.9 Å². The lowest BCUT2D eigenvalue weighted by molar-refractivity contribution is 0.546. The Balaban J connectivity index is 2.34. The van der Waals surface area contributed by atoms with Crippen LogP contribution in [0.5, 0.6) is 0 Å². The van der Waals surface area contributed by atoms with Crippen molar-refractivity contribution in [3.05, 3.63) is 66.6 Å². The molecular weight excluding hydrogens is 265 g/mol. The fourth-order valence-corrected chi connectivity index (χ4v) is 3.46. The highest BCUT2D eigenvalue weighted by molar-refractivity contribution is 7.90. The van der Waals surface area contributed by atoms with E-state index in [0.717, 1.165) is 3.97 Å². The van der Waals surface area contributed by atoms with Crippen molar-refractivity contribution in [3.8, 4) is 0 Å². The van der Waals surface area contributed by atoms with Crippen LogP contribution in [0.4, 0.5) is 4.39 Å². The van der Waals surface area contributed by atoms with Crippen LogP contribution in [0, 0.1) is 5.95 Å². The van der Waals surface area contributed by atoms with Crippen molar-refractivity contribution in [1.82, 2.24) is 3.97 Å². The Hall–Kier alpha value is -2.14. The largest absolute Gasteiger partial charge is 0.270 e. The predicted octanol–water partition coefficient (Wildman–Crippen LogP) is 3.02. The number of rotatable bonds is 2. The minimum atomic E-state index is -3.91. The molecule has 0 saturated heterocycles. The van der Waals surface area contributed by atoms with Crippen molar-refractivity contribution in [2.45, 2.75) is 4.90 Å². The van der Waals surface area contributed by atoms with Gasteiger partial charge in [0.05, 0.1) is 10.4 Å². The van der Waals surface area contributed by atoms with Crippen molar-refractivity contribution < 1.29 is 12.8 Å². The summed E-state index contributed by atoms with van der Waals surface area (Å²) in [7, 11) is -3.91. The molecule has 2 aromatic carbocycles. The van der Waals surface area contributed by atoms with E-state index in [1.54, 1.807) is 42.5 Å². The van der Waals surface area contributed by atoms with Crippen LogP contribution in [-0.4, -0.2) is 12.4 Å². The maximum atomic E-state index is 14.0. The number of aromatic nitrogens is 1. The minimum Gasteiger partial charge on any atom is -0.208 e. The Morgan fingerprint density at radius 1 is 0.895 bits per heavy atom. The maximum Gasteiger partial charge on any atom is 0.270 e. The van der Waals surface area contributed by atoms with Crippen LogP contribution >= 0.6 is 0 Å². The van der Waals surface area contributed by atoms with Gasteiger partial charge in [0.1, 0.15) is 0 Å². The molecule has 0 aliphatic carbocycles. The van der Waals surface area contributed by atoms with Gasteiger partial charge in [-0.25, -0.2) is 12.4 Å². The molecule has 0 atom stereocenters. The van der Waals surface area contributed by atoms with Gasteiger partial charge < -0.3 is 0 Å². The first kappa shape index (κ1) is 11.9. The van der Waals surface area contributed by atoms with Gasteiger partial charge in [-0.15, -0.1) is 0 Å². The molecule has 0 radical (unpaired) electrons. The van der Waals surface area contributed by atoms with Gasteiger partial charge in [0.2, 0.25) is 5.95 Å². The SMILES string of the molecule is O=S(=O)(c1ccccc1)n1c(F)cc2ccccc21. The standard InChI is InChI=1S/C14H10FNO2S/c15-14-10-11-6-4-5-9-13(11)16(14)19(17,18)12-7-2-1-3-8-12/h1-10H. The number of benzene rings is 2. The van der Waals surface area contributed by atoms with E-state index in [1.807, 2.05) is 0 Å². The number of para-hydroxylation sites is 1. The van der Waals surface area contributed by atoms with Crippen LogP contribution in [0.3, 0.4) is 0 Å². The average molecular weight is 275 g/mol. The number of hydrogen-bond donors (Lipinski definition) is 0. The summed E-state index contributed by atoms with van der Waals surface area (Å²) in [5.74, 6) is -0.787. The molecule has 1 heterocycles. The number of hydrogen-bond acceptors (Lipinski definition) is 2. The first-order chi connectivity index (χ1) is 9.10. The lowest BCUT2D eigenvalue weighted by atomic mass is 10.3. The first-order valence-corrected chi connectivity index (χ1v) is 7.11. The molecular formula is C14H10FNO2S. The minimum absolute atomic E-state index is 0.0650. The maximum absolute atomic E-state index is 14.0. The fourth-order valence-electron chi connectivity index (χ4n) is 2.04. The molecule has 0 saturated carbocycles. The Kier molecular flexibility index (Phi) is 2.64. The van der Waals surface area contributed by atoms with E-state index in [0.29, 0.717) is 10.9 Å². The van der Waals surface area contributed by atoms with E-state index >= 15 is 0 Å². The topological polar surface area (TPSA) is 39.1 Å². The van der Waals surface area contributed by atoms with E-state index in [2.05, 4.69) is 0 Å². The van der Waals surface area contributed by atoms with Crippen LogP contribution in [0.2, 0.25) is 0 Å². The van der Waals surface area contributed by atoms with Crippen LogP contribution < -0.4 is 0 Å². The summed E-state index contributed by atoms with van der Waals surface area (Å²) in [5, 5.41) is 0.555. The normalized spacial score (nSPS) is 11.8. The lowest BCUT2D eigenvalue weighted by Crippen LogP contribution is -2.14. The molecule has 1 aromatic heterocycles. The van der Waals surface area contributed by atoms with E-state index in [-0.39, 0.29) is 4.90 Å². The zero-order valence-electron chi connectivity index (χ0n) is 9.82. The van der Waals surface area contributed by atoms with E-state index in [4.69, 9.17) is 0 Å². The second-order valence-electron chi connectivity index (χ2n) is 4.11. The summed E-state index contributed by atoms with van der Waals surface area (Å²) in [6.07, 6.45) is 0. The summed E-state index contributed by atoms with van der Waals surface area (Å²) in [6.45, 7) is 0. The molecule has 0 N–H and O–H groups in total. The van der Waals surface area contributed by atoms with E-state index in [1.165, 1.54) is 18.2 Å². The quantitative estimate of drug-likeness (QED) is 0.721. The van der Waals surface area contributed by atoms with Gasteiger partial charge in [-0.2, -0.15) is 4.39 Å². The Morgan fingerprint density at radius 2 is 1.53 bits per heavy atom. The second kappa shape index (κ2) is 4.20. The molecule has 3 aromatic rings. The molecule has 0 bridgehead atoms. The van der Waals surface area contributed by atoms with Gasteiger partial charge in [0.15, 0.2) is 0 Å². The fraction of sp³-hybridized carbons (Fsp3) is 0. The third-order valence-corrected chi connectivity index (χ3v) is 4.63. The predicted molar refractivity (Wildman–Crippen MR) is 70.9 cm³/mol. The van der Waals surface area contributed by atoms with Crippen molar-refractivity contribution in [2.75, 3.05) is 0 Å². The lowest BCUT2D eigenvalue weighted by Gasteiger charge is -2.07. The molecule has 19 heavy (non-hydrogen) atoms. The first-order valence-electron chi connectivity index (χ1n) is 5.67. The molecule has 0 aliphatic heterocycles. The monoisotopic (exact) mass is 275 g/mol. The Labute approximate surface area is 110 Å². The van der Waals surface area contributed by atoms with Crippen molar-refractivity contribution in [2.24, 2.45) is 0 Å². The molecule has 3 rings (SSSR count). The molecule has 0 amide bonds. The number of halogens is 1. The summed E-state index contributed by atoms with van der Waals surface area (Å²) in [4.78, 5) is 0.0650. The molecule has 3 nitrogen and oxygen atoms in total. The highest BCUT2D eigenvalue weighted by atomic mass is 32.2. The molecule has 96 valence electrons. The summed E-state index contributed by atoms with van der Waals surface area (Å²) in [5.41, 5.74) is 0.337. The van der Waals surface area contributed by atoms with Crippen LogP contribution in [0.1, 0.15) is 0 Å². The molecule has 0 aliphatic rings. The van der Waals surface area contributed by atoms with Crippen LogP contribution in [-0.2, 0) is 10.0 Å². The third kappa shape index (κ3) is 1.82. The van der Waals surface area contributed by atoms with Gasteiger partial charge in [-0.1, -0.05) is 36.4 Å². The van der Waals surface area contributed by atoms with E-state index in [9.17, 15) is 12.8 Å². The van der Waals surface area contributed by atoms with Crippen LogP contribution in [0.25, 0.3) is 10.9 Å². The number of nitrogens with zero attached hydrogens (tertiary/aromatic N) is 1. The highest BCUT2D eigenvalue weighted by Gasteiger charge is 2.22. The van der Waals surface area contributed by atoms with Gasteiger partial charge in [-0.05, 0) is 18.2 Å². The van der Waals surface area contributed by atoms with Gasteiger partial charge in [0, 0.05) is 11.5 Å². The molecule has 5 heteroatoms.